The van der Waals surface area contributed by atoms with Gasteiger partial charge in [0.25, 0.3) is 0 Å². The first-order valence-electron chi connectivity index (χ1n) is 6.10. The lowest BCUT2D eigenvalue weighted by Crippen LogP contribution is -2.06. The summed E-state index contributed by atoms with van der Waals surface area (Å²) in [7, 11) is 1.45. The van der Waals surface area contributed by atoms with Crippen molar-refractivity contribution < 1.29 is 13.9 Å². The first kappa shape index (κ1) is 14.0. The number of hydrogen-bond donors (Lipinski definition) is 1. The molecule has 0 radical (unpaired) electrons. The Morgan fingerprint density at radius 1 is 1.20 bits per heavy atom. The van der Waals surface area contributed by atoms with Crippen LogP contribution in [0.2, 0.25) is 0 Å². The van der Waals surface area contributed by atoms with E-state index in [0.717, 1.165) is 5.56 Å². The van der Waals surface area contributed by atoms with Crippen LogP contribution in [0.1, 0.15) is 12.5 Å². The molecule has 6 nitrogen and oxygen atoms in total. The Bertz CT molecular complexity index is 607. The standard InChI is InChI=1S/C13H15FN4O2/c1-4-15-11-16-12(19-3)18-13(17-11)20-10-7-9(14)6-5-8(10)2/h5-7H,4H2,1-3H3,(H,15,16,17,18). The molecule has 0 unspecified atom stereocenters. The summed E-state index contributed by atoms with van der Waals surface area (Å²) in [5.74, 6) is 0.294. The van der Waals surface area contributed by atoms with Crippen molar-refractivity contribution in [1.82, 2.24) is 15.0 Å². The van der Waals surface area contributed by atoms with E-state index in [-0.39, 0.29) is 12.0 Å². The van der Waals surface area contributed by atoms with Crippen LogP contribution in [0.3, 0.4) is 0 Å². The van der Waals surface area contributed by atoms with Gasteiger partial charge in [-0.25, -0.2) is 4.39 Å². The van der Waals surface area contributed by atoms with Gasteiger partial charge in [-0.05, 0) is 25.5 Å². The Hall–Kier alpha value is -2.44. The van der Waals surface area contributed by atoms with E-state index >= 15 is 0 Å². The molecule has 106 valence electrons. The lowest BCUT2D eigenvalue weighted by molar-refractivity contribution is 0.359. The normalized spacial score (nSPS) is 10.2. The van der Waals surface area contributed by atoms with E-state index in [2.05, 4.69) is 20.3 Å². The van der Waals surface area contributed by atoms with Crippen molar-refractivity contribution in [3.8, 4) is 17.8 Å². The predicted molar refractivity (Wildman–Crippen MR) is 71.8 cm³/mol. The van der Waals surface area contributed by atoms with Crippen LogP contribution in [0.4, 0.5) is 10.3 Å². The van der Waals surface area contributed by atoms with Crippen LogP contribution in [-0.4, -0.2) is 28.6 Å². The molecule has 1 N–H and O–H groups in total. The molecule has 0 spiro atoms. The monoisotopic (exact) mass is 278 g/mol. The number of aromatic nitrogens is 3. The summed E-state index contributed by atoms with van der Waals surface area (Å²) in [4.78, 5) is 12.1. The number of ether oxygens (including phenoxy) is 2. The average molecular weight is 278 g/mol. The molecule has 0 bridgehead atoms. The predicted octanol–water partition coefficient (Wildman–Crippen LogP) is 2.55. The quantitative estimate of drug-likeness (QED) is 0.906. The number of rotatable bonds is 5. The molecule has 0 aliphatic carbocycles. The fourth-order valence-corrected chi connectivity index (χ4v) is 1.49. The van der Waals surface area contributed by atoms with Gasteiger partial charge in [0.2, 0.25) is 5.95 Å². The third-order valence-corrected chi connectivity index (χ3v) is 2.46. The smallest absolute Gasteiger partial charge is 0.330 e. The maximum absolute atomic E-state index is 13.2. The molecular weight excluding hydrogens is 263 g/mol. The third-order valence-electron chi connectivity index (χ3n) is 2.46. The number of nitrogens with one attached hydrogen (secondary N) is 1. The number of anilines is 1. The Kier molecular flexibility index (Phi) is 4.29. The average Bonchev–Trinajstić information content (AvgIpc) is 2.43. The molecule has 0 atom stereocenters. The second-order valence-corrected chi connectivity index (χ2v) is 3.97. The van der Waals surface area contributed by atoms with E-state index in [1.807, 2.05) is 6.92 Å². The Morgan fingerprint density at radius 3 is 2.65 bits per heavy atom. The van der Waals surface area contributed by atoms with Crippen molar-refractivity contribution >= 4 is 5.95 Å². The van der Waals surface area contributed by atoms with Gasteiger partial charge in [-0.2, -0.15) is 9.97 Å². The van der Waals surface area contributed by atoms with Gasteiger partial charge in [-0.15, -0.1) is 4.98 Å². The van der Waals surface area contributed by atoms with Crippen molar-refractivity contribution in [3.05, 3.63) is 29.6 Å². The van der Waals surface area contributed by atoms with Crippen LogP contribution in [-0.2, 0) is 0 Å². The molecule has 1 aromatic heterocycles. The van der Waals surface area contributed by atoms with E-state index in [1.54, 1.807) is 13.0 Å². The van der Waals surface area contributed by atoms with E-state index in [4.69, 9.17) is 9.47 Å². The number of aryl methyl sites for hydroxylation is 1. The number of hydrogen-bond acceptors (Lipinski definition) is 6. The summed E-state index contributed by atoms with van der Waals surface area (Å²) < 4.78 is 23.7. The number of benzene rings is 1. The van der Waals surface area contributed by atoms with E-state index in [9.17, 15) is 4.39 Å². The van der Waals surface area contributed by atoms with Gasteiger partial charge in [-0.1, -0.05) is 6.07 Å². The third kappa shape index (κ3) is 3.31. The highest BCUT2D eigenvalue weighted by Gasteiger charge is 2.10. The zero-order valence-electron chi connectivity index (χ0n) is 11.5. The lowest BCUT2D eigenvalue weighted by Gasteiger charge is -2.09. The minimum absolute atomic E-state index is 0.0431. The first-order valence-corrected chi connectivity index (χ1v) is 6.10. The zero-order valence-corrected chi connectivity index (χ0v) is 11.5. The Labute approximate surface area is 116 Å². The van der Waals surface area contributed by atoms with Crippen molar-refractivity contribution in [2.75, 3.05) is 19.0 Å². The second-order valence-electron chi connectivity index (χ2n) is 3.97. The number of methoxy groups -OCH3 is 1. The van der Waals surface area contributed by atoms with Gasteiger partial charge in [0, 0.05) is 12.6 Å². The Balaban J connectivity index is 2.32. The van der Waals surface area contributed by atoms with E-state index < -0.39 is 5.82 Å². The maximum atomic E-state index is 13.2. The lowest BCUT2D eigenvalue weighted by atomic mass is 10.2. The largest absolute Gasteiger partial charge is 0.467 e. The summed E-state index contributed by atoms with van der Waals surface area (Å²) in [6.07, 6.45) is 0. The zero-order chi connectivity index (χ0) is 14.5. The molecule has 0 saturated heterocycles. The molecule has 0 saturated carbocycles. The summed E-state index contributed by atoms with van der Waals surface area (Å²) >= 11 is 0. The summed E-state index contributed by atoms with van der Waals surface area (Å²) in [6, 6.07) is 4.43. The molecule has 2 aromatic rings. The van der Waals surface area contributed by atoms with Gasteiger partial charge in [0.05, 0.1) is 7.11 Å². The molecule has 0 amide bonds. The molecule has 20 heavy (non-hydrogen) atoms. The number of halogens is 1. The molecule has 7 heteroatoms. The molecule has 2 rings (SSSR count). The maximum Gasteiger partial charge on any atom is 0.330 e. The van der Waals surface area contributed by atoms with Gasteiger partial charge >= 0.3 is 12.0 Å². The van der Waals surface area contributed by atoms with Crippen molar-refractivity contribution in [1.29, 1.82) is 0 Å². The van der Waals surface area contributed by atoms with E-state index in [0.29, 0.717) is 18.2 Å². The van der Waals surface area contributed by atoms with Crippen LogP contribution in [0.5, 0.6) is 17.8 Å². The minimum atomic E-state index is -0.390. The van der Waals surface area contributed by atoms with Gasteiger partial charge < -0.3 is 14.8 Å². The van der Waals surface area contributed by atoms with Gasteiger partial charge in [-0.3, -0.25) is 0 Å². The number of nitrogens with zero attached hydrogens (tertiary/aromatic N) is 3. The van der Waals surface area contributed by atoms with Crippen LogP contribution >= 0.6 is 0 Å². The molecule has 1 heterocycles. The topological polar surface area (TPSA) is 69.2 Å². The highest BCUT2D eigenvalue weighted by molar-refractivity contribution is 5.36. The van der Waals surface area contributed by atoms with Gasteiger partial charge in [0.1, 0.15) is 11.6 Å². The fourth-order valence-electron chi connectivity index (χ4n) is 1.49. The van der Waals surface area contributed by atoms with Crippen molar-refractivity contribution in [3.63, 3.8) is 0 Å². The molecular formula is C13H15FN4O2. The van der Waals surface area contributed by atoms with Crippen LogP contribution in [0.15, 0.2) is 18.2 Å². The van der Waals surface area contributed by atoms with Crippen molar-refractivity contribution in [2.45, 2.75) is 13.8 Å². The van der Waals surface area contributed by atoms with Crippen LogP contribution in [0, 0.1) is 12.7 Å². The summed E-state index contributed by atoms with van der Waals surface area (Å²) in [6.45, 7) is 4.36. The highest BCUT2D eigenvalue weighted by Crippen LogP contribution is 2.24. The fraction of sp³-hybridized carbons (Fsp3) is 0.308. The summed E-state index contributed by atoms with van der Waals surface area (Å²) in [5.41, 5.74) is 0.774. The molecule has 0 aliphatic heterocycles. The molecule has 0 aliphatic rings. The summed E-state index contributed by atoms with van der Waals surface area (Å²) in [5, 5.41) is 2.94. The Morgan fingerprint density at radius 2 is 1.95 bits per heavy atom. The highest BCUT2D eigenvalue weighted by atomic mass is 19.1. The molecule has 0 fully saturated rings. The minimum Gasteiger partial charge on any atom is -0.467 e. The van der Waals surface area contributed by atoms with Crippen LogP contribution in [0.25, 0.3) is 0 Å². The van der Waals surface area contributed by atoms with E-state index in [1.165, 1.54) is 19.2 Å². The first-order chi connectivity index (χ1) is 9.62. The SMILES string of the molecule is CCNc1nc(OC)nc(Oc2cc(F)ccc2C)n1. The second kappa shape index (κ2) is 6.14. The molecule has 1 aromatic carbocycles. The van der Waals surface area contributed by atoms with Crippen LogP contribution < -0.4 is 14.8 Å². The van der Waals surface area contributed by atoms with Gasteiger partial charge in [0.15, 0.2) is 0 Å². The van der Waals surface area contributed by atoms with Crippen molar-refractivity contribution in [2.24, 2.45) is 0 Å².